The molecule has 0 atom stereocenters. The lowest BCUT2D eigenvalue weighted by Crippen LogP contribution is -2.40. The van der Waals surface area contributed by atoms with Crippen LogP contribution in [-0.4, -0.2) is 16.2 Å². The predicted octanol–water partition coefficient (Wildman–Crippen LogP) is 3.96. The molecule has 3 aromatic rings. The Balaban J connectivity index is 1.94. The van der Waals surface area contributed by atoms with Crippen LogP contribution in [0.15, 0.2) is 53.1 Å². The molecule has 0 aliphatic rings. The lowest BCUT2D eigenvalue weighted by molar-refractivity contribution is 0.253. The first-order chi connectivity index (χ1) is 11.6. The van der Waals surface area contributed by atoms with Gasteiger partial charge in [0.1, 0.15) is 0 Å². The third-order valence-electron chi connectivity index (χ3n) is 3.03. The standard InChI is InChI=1S/C15H11Cl2N5O2/c16-10-7-4-8-11(17)12(10)13-19-15(24-21-13)22(14(18)23)20-9-5-2-1-3-6-9/h1-8,20H,(H2,18,23). The topological polar surface area (TPSA) is 97.3 Å². The third-order valence-corrected chi connectivity index (χ3v) is 3.66. The molecule has 0 aliphatic heterocycles. The minimum absolute atomic E-state index is 0.140. The number of rotatable bonds is 4. The van der Waals surface area contributed by atoms with Crippen molar-refractivity contribution in [1.29, 1.82) is 0 Å². The van der Waals surface area contributed by atoms with E-state index < -0.39 is 6.03 Å². The van der Waals surface area contributed by atoms with E-state index in [0.717, 1.165) is 5.01 Å². The SMILES string of the molecule is NC(=O)N(Nc1ccccc1)c1nc(-c2c(Cl)cccc2Cl)no1. The van der Waals surface area contributed by atoms with E-state index in [2.05, 4.69) is 15.6 Å². The normalized spacial score (nSPS) is 10.4. The Kier molecular flexibility index (Phi) is 4.54. The summed E-state index contributed by atoms with van der Waals surface area (Å²) in [6.07, 6.45) is 0. The second kappa shape index (κ2) is 6.77. The number of primary amides is 1. The number of carbonyl (C=O) groups is 1. The average Bonchev–Trinajstić information content (AvgIpc) is 3.02. The minimum Gasteiger partial charge on any atom is -0.350 e. The summed E-state index contributed by atoms with van der Waals surface area (Å²) in [7, 11) is 0. The zero-order valence-corrected chi connectivity index (χ0v) is 13.6. The van der Waals surface area contributed by atoms with Gasteiger partial charge < -0.3 is 10.3 Å². The molecule has 3 rings (SSSR count). The molecule has 1 heterocycles. The fraction of sp³-hybridized carbons (Fsp3) is 0. The van der Waals surface area contributed by atoms with Gasteiger partial charge in [-0.25, -0.2) is 4.79 Å². The van der Waals surface area contributed by atoms with Gasteiger partial charge in [0.2, 0.25) is 5.82 Å². The molecule has 2 aromatic carbocycles. The van der Waals surface area contributed by atoms with Crippen molar-refractivity contribution in [2.45, 2.75) is 0 Å². The van der Waals surface area contributed by atoms with Gasteiger partial charge in [-0.05, 0) is 24.3 Å². The van der Waals surface area contributed by atoms with Gasteiger partial charge in [0, 0.05) is 0 Å². The van der Waals surface area contributed by atoms with Crippen LogP contribution in [0.1, 0.15) is 0 Å². The second-order valence-electron chi connectivity index (χ2n) is 4.65. The summed E-state index contributed by atoms with van der Waals surface area (Å²) in [4.78, 5) is 15.8. The maximum atomic E-state index is 11.7. The predicted molar refractivity (Wildman–Crippen MR) is 91.9 cm³/mol. The molecule has 2 amide bonds. The van der Waals surface area contributed by atoms with Crippen molar-refractivity contribution >= 4 is 40.9 Å². The highest BCUT2D eigenvalue weighted by Gasteiger charge is 2.22. The quantitative estimate of drug-likeness (QED) is 0.683. The van der Waals surface area contributed by atoms with E-state index in [9.17, 15) is 4.79 Å². The van der Waals surface area contributed by atoms with Crippen molar-refractivity contribution in [2.75, 3.05) is 10.4 Å². The van der Waals surface area contributed by atoms with Gasteiger partial charge in [-0.2, -0.15) is 9.99 Å². The van der Waals surface area contributed by atoms with Crippen molar-refractivity contribution in [3.63, 3.8) is 0 Å². The molecule has 0 fully saturated rings. The molecule has 0 radical (unpaired) electrons. The summed E-state index contributed by atoms with van der Waals surface area (Å²) >= 11 is 12.2. The largest absolute Gasteiger partial charge is 0.351 e. The Bertz CT molecular complexity index is 849. The summed E-state index contributed by atoms with van der Waals surface area (Å²) in [6.45, 7) is 0. The molecular weight excluding hydrogens is 353 g/mol. The van der Waals surface area contributed by atoms with Crippen LogP contribution in [0.4, 0.5) is 16.5 Å². The Morgan fingerprint density at radius 3 is 2.38 bits per heavy atom. The number of halogens is 2. The molecule has 7 nitrogen and oxygen atoms in total. The van der Waals surface area contributed by atoms with E-state index in [-0.39, 0.29) is 11.8 Å². The van der Waals surface area contributed by atoms with Gasteiger partial charge in [-0.15, -0.1) is 0 Å². The Labute approximate surface area is 146 Å². The number of urea groups is 1. The maximum absolute atomic E-state index is 11.7. The number of anilines is 2. The van der Waals surface area contributed by atoms with E-state index in [0.29, 0.717) is 21.3 Å². The van der Waals surface area contributed by atoms with Crippen LogP contribution in [0.5, 0.6) is 0 Å². The van der Waals surface area contributed by atoms with Gasteiger partial charge in [-0.3, -0.25) is 5.43 Å². The van der Waals surface area contributed by atoms with Crippen LogP contribution in [-0.2, 0) is 0 Å². The van der Waals surface area contributed by atoms with E-state index >= 15 is 0 Å². The molecule has 1 aromatic heterocycles. The number of carbonyl (C=O) groups excluding carboxylic acids is 1. The lowest BCUT2D eigenvalue weighted by atomic mass is 10.2. The number of benzene rings is 2. The fourth-order valence-electron chi connectivity index (χ4n) is 1.96. The highest BCUT2D eigenvalue weighted by molar-refractivity contribution is 6.38. The van der Waals surface area contributed by atoms with Gasteiger partial charge in [-0.1, -0.05) is 52.6 Å². The monoisotopic (exact) mass is 363 g/mol. The van der Waals surface area contributed by atoms with Crippen LogP contribution >= 0.6 is 23.2 Å². The summed E-state index contributed by atoms with van der Waals surface area (Å²) in [5.41, 5.74) is 9.17. The van der Waals surface area contributed by atoms with Crippen LogP contribution in [0.2, 0.25) is 10.0 Å². The first kappa shape index (κ1) is 16.1. The number of hydrogen-bond donors (Lipinski definition) is 2. The second-order valence-corrected chi connectivity index (χ2v) is 5.46. The van der Waals surface area contributed by atoms with Crippen molar-refractivity contribution < 1.29 is 9.32 Å². The number of nitrogens with zero attached hydrogens (tertiary/aromatic N) is 3. The number of amides is 2. The Morgan fingerprint density at radius 1 is 1.08 bits per heavy atom. The van der Waals surface area contributed by atoms with Crippen molar-refractivity contribution in [3.05, 3.63) is 58.6 Å². The van der Waals surface area contributed by atoms with Crippen LogP contribution in [0.3, 0.4) is 0 Å². The molecule has 3 N–H and O–H groups in total. The molecule has 0 unspecified atom stereocenters. The highest BCUT2D eigenvalue weighted by Crippen LogP contribution is 2.33. The fourth-order valence-corrected chi connectivity index (χ4v) is 2.52. The molecule has 0 saturated carbocycles. The summed E-state index contributed by atoms with van der Waals surface area (Å²) in [5.74, 6) is 0.140. The van der Waals surface area contributed by atoms with E-state index in [4.69, 9.17) is 33.5 Å². The van der Waals surface area contributed by atoms with Gasteiger partial charge in [0.05, 0.1) is 21.3 Å². The zero-order chi connectivity index (χ0) is 17.1. The molecule has 0 bridgehead atoms. The Morgan fingerprint density at radius 2 is 1.75 bits per heavy atom. The lowest BCUT2D eigenvalue weighted by Gasteiger charge is -2.17. The number of hydrogen-bond acceptors (Lipinski definition) is 5. The molecular formula is C15H11Cl2N5O2. The molecule has 0 saturated heterocycles. The van der Waals surface area contributed by atoms with Crippen LogP contribution < -0.4 is 16.2 Å². The zero-order valence-electron chi connectivity index (χ0n) is 12.1. The molecule has 0 spiro atoms. The van der Waals surface area contributed by atoms with Crippen LogP contribution in [0, 0.1) is 0 Å². The van der Waals surface area contributed by atoms with Crippen molar-refractivity contribution in [2.24, 2.45) is 5.73 Å². The molecule has 24 heavy (non-hydrogen) atoms. The smallest absolute Gasteiger partial charge is 0.350 e. The van der Waals surface area contributed by atoms with Crippen molar-refractivity contribution in [1.82, 2.24) is 10.1 Å². The van der Waals surface area contributed by atoms with E-state index in [1.807, 2.05) is 6.07 Å². The van der Waals surface area contributed by atoms with E-state index in [1.54, 1.807) is 42.5 Å². The Hall–Kier alpha value is -2.77. The minimum atomic E-state index is -0.820. The van der Waals surface area contributed by atoms with Gasteiger partial charge in [0.15, 0.2) is 0 Å². The molecule has 9 heteroatoms. The summed E-state index contributed by atoms with van der Waals surface area (Å²) in [5, 5.41) is 5.45. The molecule has 122 valence electrons. The number of aromatic nitrogens is 2. The first-order valence-corrected chi connectivity index (χ1v) is 7.51. The number of nitrogens with one attached hydrogen (secondary N) is 1. The maximum Gasteiger partial charge on any atom is 0.351 e. The van der Waals surface area contributed by atoms with Crippen LogP contribution in [0.25, 0.3) is 11.4 Å². The summed E-state index contributed by atoms with van der Waals surface area (Å²) in [6, 6.07) is 13.0. The number of hydrazine groups is 1. The van der Waals surface area contributed by atoms with Gasteiger partial charge in [0.25, 0.3) is 0 Å². The number of para-hydroxylation sites is 1. The number of nitrogens with two attached hydrogens (primary N) is 1. The van der Waals surface area contributed by atoms with Gasteiger partial charge >= 0.3 is 12.0 Å². The average molecular weight is 364 g/mol. The van der Waals surface area contributed by atoms with E-state index in [1.165, 1.54) is 0 Å². The first-order valence-electron chi connectivity index (χ1n) is 6.75. The highest BCUT2D eigenvalue weighted by atomic mass is 35.5. The van der Waals surface area contributed by atoms with Crippen molar-refractivity contribution in [3.8, 4) is 11.4 Å². The molecule has 0 aliphatic carbocycles. The third kappa shape index (κ3) is 3.27. The summed E-state index contributed by atoms with van der Waals surface area (Å²) < 4.78 is 5.11.